The largest absolute Gasteiger partial charge is 0.494 e. The van der Waals surface area contributed by atoms with Crippen LogP contribution in [0, 0.1) is 0 Å². The van der Waals surface area contributed by atoms with Gasteiger partial charge < -0.3 is 9.47 Å². The molecule has 31 heavy (non-hydrogen) atoms. The van der Waals surface area contributed by atoms with Gasteiger partial charge in [-0.3, -0.25) is 0 Å². The van der Waals surface area contributed by atoms with E-state index in [1.165, 1.54) is 5.56 Å². The number of benzene rings is 3. The molecule has 1 unspecified atom stereocenters. The molecule has 4 aromatic rings. The number of pyridine rings is 1. The third-order valence-electron chi connectivity index (χ3n) is 5.21. The van der Waals surface area contributed by atoms with Crippen molar-refractivity contribution in [3.05, 3.63) is 115 Å². The van der Waals surface area contributed by atoms with Crippen molar-refractivity contribution < 1.29 is 9.47 Å². The topological polar surface area (TPSA) is 31.4 Å². The highest BCUT2D eigenvalue weighted by molar-refractivity contribution is 5.59. The van der Waals surface area contributed by atoms with E-state index in [9.17, 15) is 0 Å². The first-order valence-corrected chi connectivity index (χ1v) is 10.8. The lowest BCUT2D eigenvalue weighted by Gasteiger charge is -2.18. The normalized spacial score (nSPS) is 11.6. The second kappa shape index (κ2) is 11.0. The minimum atomic E-state index is 0.280. The minimum absolute atomic E-state index is 0.280. The third-order valence-corrected chi connectivity index (χ3v) is 5.21. The molecule has 0 bridgehead atoms. The molecule has 1 heterocycles. The Morgan fingerprint density at radius 2 is 1.32 bits per heavy atom. The van der Waals surface area contributed by atoms with Gasteiger partial charge in [-0.15, -0.1) is 0 Å². The molecule has 0 spiro atoms. The summed E-state index contributed by atoms with van der Waals surface area (Å²) in [5, 5.41) is 0. The van der Waals surface area contributed by atoms with Gasteiger partial charge in [0.2, 0.25) is 5.88 Å². The smallest absolute Gasteiger partial charge is 0.213 e. The lowest BCUT2D eigenvalue weighted by Crippen LogP contribution is -2.12. The summed E-state index contributed by atoms with van der Waals surface area (Å²) in [6, 6.07) is 36.6. The van der Waals surface area contributed by atoms with Crippen molar-refractivity contribution in [2.45, 2.75) is 18.8 Å². The van der Waals surface area contributed by atoms with Gasteiger partial charge in [0.1, 0.15) is 5.75 Å². The highest BCUT2D eigenvalue weighted by atomic mass is 16.5. The molecule has 0 aliphatic rings. The molecule has 0 saturated heterocycles. The van der Waals surface area contributed by atoms with E-state index in [0.717, 1.165) is 29.8 Å². The lowest BCUT2D eigenvalue weighted by atomic mass is 9.95. The maximum atomic E-state index is 6.15. The fourth-order valence-corrected chi connectivity index (χ4v) is 3.56. The van der Waals surface area contributed by atoms with Gasteiger partial charge >= 0.3 is 0 Å². The van der Waals surface area contributed by atoms with E-state index in [1.54, 1.807) is 0 Å². The zero-order chi connectivity index (χ0) is 21.1. The van der Waals surface area contributed by atoms with Gasteiger partial charge in [-0.25, -0.2) is 4.98 Å². The highest BCUT2D eigenvalue weighted by Crippen LogP contribution is 2.24. The van der Waals surface area contributed by atoms with Crippen molar-refractivity contribution in [2.75, 3.05) is 13.2 Å². The first-order chi connectivity index (χ1) is 15.4. The fourth-order valence-electron chi connectivity index (χ4n) is 3.56. The summed E-state index contributed by atoms with van der Waals surface area (Å²) in [6.45, 7) is 1.27. The predicted molar refractivity (Wildman–Crippen MR) is 126 cm³/mol. The number of aromatic nitrogens is 1. The maximum Gasteiger partial charge on any atom is 0.213 e. The van der Waals surface area contributed by atoms with E-state index in [4.69, 9.17) is 14.5 Å². The minimum Gasteiger partial charge on any atom is -0.494 e. The van der Waals surface area contributed by atoms with E-state index in [2.05, 4.69) is 36.4 Å². The van der Waals surface area contributed by atoms with Gasteiger partial charge in [0, 0.05) is 17.5 Å². The molecule has 3 aromatic carbocycles. The standard InChI is InChI=1S/C28H27NO2/c1-4-12-23(13-5-1)25(16-11-21-30-26-17-8-3-9-18-26)22-31-28-20-10-19-27(29-28)24-14-6-2-7-15-24/h1-10,12-15,17-20,25H,11,16,21-22H2. The van der Waals surface area contributed by atoms with Crippen molar-refractivity contribution in [1.29, 1.82) is 0 Å². The van der Waals surface area contributed by atoms with Gasteiger partial charge in [0.05, 0.1) is 18.9 Å². The molecule has 156 valence electrons. The Bertz CT molecular complexity index is 1040. The van der Waals surface area contributed by atoms with Crippen LogP contribution in [0.4, 0.5) is 0 Å². The maximum absolute atomic E-state index is 6.15. The summed E-state index contributed by atoms with van der Waals surface area (Å²) in [5.74, 6) is 1.85. The van der Waals surface area contributed by atoms with Crippen LogP contribution in [0.25, 0.3) is 11.3 Å². The summed E-state index contributed by atoms with van der Waals surface area (Å²) in [5.41, 5.74) is 3.29. The zero-order valence-electron chi connectivity index (χ0n) is 17.6. The molecule has 0 aliphatic heterocycles. The molecule has 0 N–H and O–H groups in total. The number of nitrogens with zero attached hydrogens (tertiary/aromatic N) is 1. The molecule has 3 heteroatoms. The zero-order valence-corrected chi connectivity index (χ0v) is 17.6. The van der Waals surface area contributed by atoms with E-state index in [1.807, 2.05) is 72.8 Å². The summed E-state index contributed by atoms with van der Waals surface area (Å²) in [6.07, 6.45) is 1.94. The highest BCUT2D eigenvalue weighted by Gasteiger charge is 2.13. The summed E-state index contributed by atoms with van der Waals surface area (Å²) in [7, 11) is 0. The third kappa shape index (κ3) is 6.19. The second-order valence-corrected chi connectivity index (χ2v) is 7.45. The van der Waals surface area contributed by atoms with Crippen LogP contribution in [0.2, 0.25) is 0 Å². The fraction of sp³-hybridized carbons (Fsp3) is 0.179. The van der Waals surface area contributed by atoms with E-state index in [-0.39, 0.29) is 5.92 Å². The van der Waals surface area contributed by atoms with Crippen LogP contribution in [0.1, 0.15) is 24.3 Å². The lowest BCUT2D eigenvalue weighted by molar-refractivity contribution is 0.253. The van der Waals surface area contributed by atoms with Gasteiger partial charge in [-0.1, -0.05) is 84.9 Å². The monoisotopic (exact) mass is 409 g/mol. The van der Waals surface area contributed by atoms with Crippen LogP contribution in [0.3, 0.4) is 0 Å². The van der Waals surface area contributed by atoms with Crippen LogP contribution >= 0.6 is 0 Å². The second-order valence-electron chi connectivity index (χ2n) is 7.45. The molecule has 0 fully saturated rings. The molecule has 4 rings (SSSR count). The molecular weight excluding hydrogens is 382 g/mol. The van der Waals surface area contributed by atoms with Gasteiger partial charge in [-0.2, -0.15) is 0 Å². The Hall–Kier alpha value is -3.59. The average Bonchev–Trinajstić information content (AvgIpc) is 2.85. The van der Waals surface area contributed by atoms with Crippen molar-refractivity contribution in [3.8, 4) is 22.9 Å². The van der Waals surface area contributed by atoms with Gasteiger partial charge in [0.25, 0.3) is 0 Å². The van der Waals surface area contributed by atoms with Crippen LogP contribution in [-0.4, -0.2) is 18.2 Å². The Labute approximate surface area is 184 Å². The van der Waals surface area contributed by atoms with E-state index in [0.29, 0.717) is 19.1 Å². The van der Waals surface area contributed by atoms with Crippen molar-refractivity contribution in [1.82, 2.24) is 4.98 Å². The molecular formula is C28H27NO2. The number of hydrogen-bond donors (Lipinski definition) is 0. The molecule has 1 atom stereocenters. The van der Waals surface area contributed by atoms with Crippen molar-refractivity contribution in [2.24, 2.45) is 0 Å². The van der Waals surface area contributed by atoms with Crippen LogP contribution in [-0.2, 0) is 0 Å². The number of para-hydroxylation sites is 1. The first kappa shape index (κ1) is 20.7. The average molecular weight is 410 g/mol. The van der Waals surface area contributed by atoms with Crippen molar-refractivity contribution in [3.63, 3.8) is 0 Å². The number of rotatable bonds is 10. The molecule has 1 aromatic heterocycles. The van der Waals surface area contributed by atoms with Gasteiger partial charge in [0.15, 0.2) is 0 Å². The Morgan fingerprint density at radius 3 is 2.06 bits per heavy atom. The first-order valence-electron chi connectivity index (χ1n) is 10.8. The Morgan fingerprint density at radius 1 is 0.645 bits per heavy atom. The molecule has 0 saturated carbocycles. The summed E-state index contributed by atoms with van der Waals surface area (Å²) >= 11 is 0. The SMILES string of the molecule is c1ccc(OCCCC(COc2cccc(-c3ccccc3)n2)c2ccccc2)cc1. The number of hydrogen-bond acceptors (Lipinski definition) is 3. The molecule has 3 nitrogen and oxygen atoms in total. The number of ether oxygens (including phenoxy) is 2. The van der Waals surface area contributed by atoms with Crippen molar-refractivity contribution >= 4 is 0 Å². The van der Waals surface area contributed by atoms with E-state index < -0.39 is 0 Å². The quantitative estimate of drug-likeness (QED) is 0.271. The molecule has 0 radical (unpaired) electrons. The summed E-state index contributed by atoms with van der Waals surface area (Å²) < 4.78 is 12.0. The Kier molecular flexibility index (Phi) is 7.32. The van der Waals surface area contributed by atoms with Crippen LogP contribution in [0.15, 0.2) is 109 Å². The summed E-state index contributed by atoms with van der Waals surface area (Å²) in [4.78, 5) is 4.70. The Balaban J connectivity index is 1.37. The predicted octanol–water partition coefficient (Wildman–Crippen LogP) is 6.77. The van der Waals surface area contributed by atoms with Crippen LogP contribution < -0.4 is 9.47 Å². The van der Waals surface area contributed by atoms with Crippen LogP contribution in [0.5, 0.6) is 11.6 Å². The van der Waals surface area contributed by atoms with Gasteiger partial charge in [-0.05, 0) is 36.6 Å². The molecule has 0 aliphatic carbocycles. The van der Waals surface area contributed by atoms with E-state index >= 15 is 0 Å². The molecule has 0 amide bonds.